The van der Waals surface area contributed by atoms with Gasteiger partial charge in [-0.05, 0) is 29.8 Å². The van der Waals surface area contributed by atoms with Crippen LogP contribution in [0.1, 0.15) is 5.56 Å². The number of likely N-dealkylation sites (N-methyl/N-ethyl adjacent to an activating group) is 1. The molecule has 1 amide bonds. The highest BCUT2D eigenvalue weighted by Gasteiger charge is 2.32. The van der Waals surface area contributed by atoms with Gasteiger partial charge in [-0.2, -0.15) is 0 Å². The summed E-state index contributed by atoms with van der Waals surface area (Å²) in [7, 11) is 1.67. The van der Waals surface area contributed by atoms with Crippen molar-refractivity contribution in [1.29, 1.82) is 0 Å². The Hall–Kier alpha value is -2.20. The number of aromatic hydroxyl groups is 1. The van der Waals surface area contributed by atoms with Gasteiger partial charge in [0, 0.05) is 24.6 Å². The minimum absolute atomic E-state index is 0.102. The maximum atomic E-state index is 12.4. The lowest BCUT2D eigenvalue weighted by Gasteiger charge is -2.32. The quantitative estimate of drug-likeness (QED) is 0.928. The van der Waals surface area contributed by atoms with E-state index >= 15 is 0 Å². The number of anilines is 1. The van der Waals surface area contributed by atoms with E-state index in [-0.39, 0.29) is 11.7 Å². The van der Waals surface area contributed by atoms with Crippen LogP contribution in [0.4, 0.5) is 5.69 Å². The van der Waals surface area contributed by atoms with E-state index in [1.165, 1.54) is 11.0 Å². The maximum Gasteiger partial charge on any atom is 0.268 e. The smallest absolute Gasteiger partial charge is 0.268 e. The Balaban J connectivity index is 1.88. The number of phenols is 1. The first-order chi connectivity index (χ1) is 10.0. The van der Waals surface area contributed by atoms with Crippen LogP contribution in [0.2, 0.25) is 5.02 Å². The van der Waals surface area contributed by atoms with Crippen molar-refractivity contribution in [3.8, 4) is 11.5 Å². The summed E-state index contributed by atoms with van der Waals surface area (Å²) in [6, 6.07) is 12.1. The van der Waals surface area contributed by atoms with Gasteiger partial charge in [-0.25, -0.2) is 0 Å². The topological polar surface area (TPSA) is 49.8 Å². The number of amides is 1. The fourth-order valence-electron chi connectivity index (χ4n) is 2.41. The van der Waals surface area contributed by atoms with Crippen LogP contribution in [0.3, 0.4) is 0 Å². The van der Waals surface area contributed by atoms with E-state index in [1.54, 1.807) is 25.2 Å². The van der Waals surface area contributed by atoms with Crippen LogP contribution >= 0.6 is 11.6 Å². The van der Waals surface area contributed by atoms with Crippen molar-refractivity contribution in [2.75, 3.05) is 11.9 Å². The van der Waals surface area contributed by atoms with Gasteiger partial charge in [-0.15, -0.1) is 0 Å². The SMILES string of the molecule is CN1C(=O)C(Cc2cccc(Cl)c2)Oc2ccc(O)cc21. The molecule has 1 unspecified atom stereocenters. The summed E-state index contributed by atoms with van der Waals surface area (Å²) in [6.45, 7) is 0. The van der Waals surface area contributed by atoms with Crippen LogP contribution in [-0.2, 0) is 11.2 Å². The number of hydrogen-bond donors (Lipinski definition) is 1. The summed E-state index contributed by atoms with van der Waals surface area (Å²) >= 11 is 5.96. The molecule has 1 heterocycles. The van der Waals surface area contributed by atoms with Crippen LogP contribution in [-0.4, -0.2) is 24.2 Å². The van der Waals surface area contributed by atoms with E-state index in [0.29, 0.717) is 22.9 Å². The molecule has 2 aromatic carbocycles. The summed E-state index contributed by atoms with van der Waals surface area (Å²) in [4.78, 5) is 13.9. The molecule has 3 rings (SSSR count). The number of fused-ring (bicyclic) bond motifs is 1. The highest BCUT2D eigenvalue weighted by Crippen LogP contribution is 2.36. The predicted octanol–water partition coefficient (Wildman–Crippen LogP) is 3.01. The molecule has 1 aliphatic heterocycles. The normalized spacial score (nSPS) is 17.3. The number of hydrogen-bond acceptors (Lipinski definition) is 3. The third-order valence-corrected chi connectivity index (χ3v) is 3.72. The first kappa shape index (κ1) is 13.8. The minimum Gasteiger partial charge on any atom is -0.508 e. The third-order valence-electron chi connectivity index (χ3n) is 3.49. The molecule has 0 spiro atoms. The number of halogens is 1. The standard InChI is InChI=1S/C16H14ClNO3/c1-18-13-9-12(19)5-6-14(13)21-15(16(18)20)8-10-3-2-4-11(17)7-10/h2-7,9,15,19H,8H2,1H3. The molecule has 21 heavy (non-hydrogen) atoms. The van der Waals surface area contributed by atoms with Crippen LogP contribution in [0.15, 0.2) is 42.5 Å². The van der Waals surface area contributed by atoms with Gasteiger partial charge in [0.1, 0.15) is 11.5 Å². The first-order valence-corrected chi connectivity index (χ1v) is 6.94. The number of carbonyl (C=O) groups is 1. The molecular formula is C16H14ClNO3. The molecule has 1 atom stereocenters. The van der Waals surface area contributed by atoms with Gasteiger partial charge in [0.2, 0.25) is 0 Å². The molecule has 2 aromatic rings. The van der Waals surface area contributed by atoms with Crippen molar-refractivity contribution < 1.29 is 14.6 Å². The molecule has 0 radical (unpaired) electrons. The van der Waals surface area contributed by atoms with Gasteiger partial charge >= 0.3 is 0 Å². The van der Waals surface area contributed by atoms with Crippen molar-refractivity contribution in [1.82, 2.24) is 0 Å². The second-order valence-electron chi connectivity index (χ2n) is 4.99. The summed E-state index contributed by atoms with van der Waals surface area (Å²) in [6.07, 6.45) is -0.144. The lowest BCUT2D eigenvalue weighted by atomic mass is 10.0. The van der Waals surface area contributed by atoms with Crippen LogP contribution in [0, 0.1) is 0 Å². The number of rotatable bonds is 2. The molecule has 0 saturated heterocycles. The fraction of sp³-hybridized carbons (Fsp3) is 0.188. The Morgan fingerprint density at radius 2 is 2.10 bits per heavy atom. The van der Waals surface area contributed by atoms with Crippen LogP contribution in [0.25, 0.3) is 0 Å². The van der Waals surface area contributed by atoms with Gasteiger partial charge in [-0.3, -0.25) is 4.79 Å². The number of carbonyl (C=O) groups excluding carboxylic acids is 1. The fourth-order valence-corrected chi connectivity index (χ4v) is 2.63. The van der Waals surface area contributed by atoms with Crippen molar-refractivity contribution in [3.63, 3.8) is 0 Å². The zero-order valence-electron chi connectivity index (χ0n) is 11.4. The third kappa shape index (κ3) is 2.67. The van der Waals surface area contributed by atoms with Crippen LogP contribution in [0.5, 0.6) is 11.5 Å². The largest absolute Gasteiger partial charge is 0.508 e. The lowest BCUT2D eigenvalue weighted by molar-refractivity contribution is -0.125. The zero-order chi connectivity index (χ0) is 15.0. The highest BCUT2D eigenvalue weighted by molar-refractivity contribution is 6.30. The molecule has 108 valence electrons. The number of benzene rings is 2. The predicted molar refractivity (Wildman–Crippen MR) is 81.1 cm³/mol. The van der Waals surface area contributed by atoms with E-state index in [2.05, 4.69) is 0 Å². The van der Waals surface area contributed by atoms with Gasteiger partial charge in [0.15, 0.2) is 6.10 Å². The van der Waals surface area contributed by atoms with Crippen LogP contribution < -0.4 is 9.64 Å². The van der Waals surface area contributed by atoms with E-state index in [9.17, 15) is 9.90 Å². The molecule has 5 heteroatoms. The summed E-state index contributed by atoms with van der Waals surface area (Å²) < 4.78 is 5.77. The molecule has 0 fully saturated rings. The van der Waals surface area contributed by atoms with Gasteiger partial charge < -0.3 is 14.7 Å². The van der Waals surface area contributed by atoms with E-state index in [0.717, 1.165) is 5.56 Å². The Morgan fingerprint density at radius 3 is 2.86 bits per heavy atom. The molecular weight excluding hydrogens is 290 g/mol. The first-order valence-electron chi connectivity index (χ1n) is 6.56. The molecule has 1 aliphatic rings. The number of phenolic OH excluding ortho intramolecular Hbond substituents is 1. The Bertz CT molecular complexity index is 702. The summed E-state index contributed by atoms with van der Waals surface area (Å²) in [5.41, 5.74) is 1.51. The zero-order valence-corrected chi connectivity index (χ0v) is 12.2. The van der Waals surface area contributed by atoms with Crippen molar-refractivity contribution in [3.05, 3.63) is 53.1 Å². The monoisotopic (exact) mass is 303 g/mol. The molecule has 0 aromatic heterocycles. The van der Waals surface area contributed by atoms with Gasteiger partial charge in [-0.1, -0.05) is 23.7 Å². The van der Waals surface area contributed by atoms with Crippen molar-refractivity contribution in [2.24, 2.45) is 0 Å². The van der Waals surface area contributed by atoms with E-state index < -0.39 is 6.10 Å². The van der Waals surface area contributed by atoms with E-state index in [1.807, 2.05) is 18.2 Å². The van der Waals surface area contributed by atoms with Crippen molar-refractivity contribution in [2.45, 2.75) is 12.5 Å². The molecule has 0 saturated carbocycles. The molecule has 1 N–H and O–H groups in total. The average Bonchev–Trinajstić information content (AvgIpc) is 2.45. The molecule has 4 nitrogen and oxygen atoms in total. The average molecular weight is 304 g/mol. The lowest BCUT2D eigenvalue weighted by Crippen LogP contribution is -2.44. The van der Waals surface area contributed by atoms with Gasteiger partial charge in [0.05, 0.1) is 5.69 Å². The highest BCUT2D eigenvalue weighted by atomic mass is 35.5. The Labute approximate surface area is 127 Å². The van der Waals surface area contributed by atoms with E-state index in [4.69, 9.17) is 16.3 Å². The number of ether oxygens (including phenoxy) is 1. The summed E-state index contributed by atoms with van der Waals surface area (Å²) in [5, 5.41) is 10.1. The number of nitrogens with zero attached hydrogens (tertiary/aromatic N) is 1. The second-order valence-corrected chi connectivity index (χ2v) is 5.43. The minimum atomic E-state index is -0.592. The molecule has 0 aliphatic carbocycles. The van der Waals surface area contributed by atoms with Gasteiger partial charge in [0.25, 0.3) is 5.91 Å². The van der Waals surface area contributed by atoms with Crippen molar-refractivity contribution >= 4 is 23.2 Å². The Morgan fingerprint density at radius 1 is 1.29 bits per heavy atom. The maximum absolute atomic E-state index is 12.4. The molecule has 0 bridgehead atoms. The summed E-state index contributed by atoms with van der Waals surface area (Å²) in [5.74, 6) is 0.542. The second kappa shape index (κ2) is 5.30. The Kier molecular flexibility index (Phi) is 3.47.